The van der Waals surface area contributed by atoms with Crippen LogP contribution in [0, 0.1) is 6.92 Å². The summed E-state index contributed by atoms with van der Waals surface area (Å²) < 4.78 is 13.1. The molecule has 1 amide bonds. The zero-order valence-corrected chi connectivity index (χ0v) is 12.0. The first kappa shape index (κ1) is 13.5. The van der Waals surface area contributed by atoms with Gasteiger partial charge in [-0.05, 0) is 19.1 Å². The van der Waals surface area contributed by atoms with Gasteiger partial charge in [-0.15, -0.1) is 0 Å². The van der Waals surface area contributed by atoms with Crippen molar-refractivity contribution in [2.24, 2.45) is 7.05 Å². The fraction of sp³-hybridized carbons (Fsp3) is 0.333. The highest BCUT2D eigenvalue weighted by atomic mass is 16.6. The summed E-state index contributed by atoms with van der Waals surface area (Å²) in [5.74, 6) is 1.30. The van der Waals surface area contributed by atoms with Crippen LogP contribution in [0.1, 0.15) is 16.1 Å². The number of ether oxygens (including phenoxy) is 2. The Morgan fingerprint density at radius 1 is 1.43 bits per heavy atom. The van der Waals surface area contributed by atoms with Crippen LogP contribution in [0.15, 0.2) is 30.5 Å². The summed E-state index contributed by atoms with van der Waals surface area (Å²) in [5.41, 5.74) is 1.41. The molecular weight excluding hydrogens is 270 g/mol. The van der Waals surface area contributed by atoms with Crippen molar-refractivity contribution in [2.45, 2.75) is 13.0 Å². The fourth-order valence-corrected chi connectivity index (χ4v) is 2.19. The number of hydrogen-bond donors (Lipinski definition) is 1. The number of carbonyl (C=O) groups is 1. The molecule has 0 unspecified atom stereocenters. The highest BCUT2D eigenvalue weighted by Crippen LogP contribution is 2.30. The van der Waals surface area contributed by atoms with E-state index in [1.165, 1.54) is 0 Å². The van der Waals surface area contributed by atoms with Gasteiger partial charge in [0, 0.05) is 12.7 Å². The number of nitrogens with zero attached hydrogens (tertiary/aromatic N) is 2. The van der Waals surface area contributed by atoms with Crippen molar-refractivity contribution in [3.05, 3.63) is 41.7 Å². The molecule has 1 aromatic carbocycles. The molecule has 0 spiro atoms. The third kappa shape index (κ3) is 2.69. The molecule has 21 heavy (non-hydrogen) atoms. The second kappa shape index (κ2) is 5.47. The molecule has 0 saturated heterocycles. The number of rotatable bonds is 3. The van der Waals surface area contributed by atoms with Crippen molar-refractivity contribution >= 4 is 5.91 Å². The van der Waals surface area contributed by atoms with Crippen LogP contribution in [-0.2, 0) is 7.05 Å². The molecular formula is C15H17N3O3. The SMILES string of the molecule is Cc1c(C(=O)NC[C@@H]2COc3ccccc3O2)cnn1C. The van der Waals surface area contributed by atoms with Crippen LogP contribution in [0.2, 0.25) is 0 Å². The molecule has 110 valence electrons. The highest BCUT2D eigenvalue weighted by Gasteiger charge is 2.22. The van der Waals surface area contributed by atoms with Gasteiger partial charge in [-0.3, -0.25) is 9.48 Å². The monoisotopic (exact) mass is 287 g/mol. The zero-order valence-electron chi connectivity index (χ0n) is 12.0. The van der Waals surface area contributed by atoms with Gasteiger partial charge in [-0.25, -0.2) is 0 Å². The van der Waals surface area contributed by atoms with Crippen LogP contribution in [0.3, 0.4) is 0 Å². The number of aryl methyl sites for hydroxylation is 1. The topological polar surface area (TPSA) is 65.4 Å². The van der Waals surface area contributed by atoms with E-state index in [4.69, 9.17) is 9.47 Å². The van der Waals surface area contributed by atoms with Gasteiger partial charge in [-0.2, -0.15) is 5.10 Å². The third-order valence-corrected chi connectivity index (χ3v) is 3.54. The zero-order chi connectivity index (χ0) is 14.8. The number of aromatic nitrogens is 2. The van der Waals surface area contributed by atoms with Gasteiger partial charge in [0.1, 0.15) is 12.7 Å². The maximum Gasteiger partial charge on any atom is 0.254 e. The van der Waals surface area contributed by atoms with Crippen LogP contribution < -0.4 is 14.8 Å². The number of carbonyl (C=O) groups excluding carboxylic acids is 1. The van der Waals surface area contributed by atoms with Gasteiger partial charge in [0.05, 0.1) is 18.3 Å². The number of amides is 1. The standard InChI is InChI=1S/C15H17N3O3/c1-10-12(8-17-18(10)2)15(19)16-7-11-9-20-13-5-3-4-6-14(13)21-11/h3-6,8,11H,7,9H2,1-2H3,(H,16,19)/t11-/m1/s1. The Labute approximate surface area is 122 Å². The van der Waals surface area contributed by atoms with Crippen LogP contribution in [0.5, 0.6) is 11.5 Å². The maximum absolute atomic E-state index is 12.1. The lowest BCUT2D eigenvalue weighted by Gasteiger charge is -2.26. The van der Waals surface area contributed by atoms with E-state index in [1.807, 2.05) is 31.2 Å². The quantitative estimate of drug-likeness (QED) is 0.924. The average molecular weight is 287 g/mol. The van der Waals surface area contributed by atoms with Gasteiger partial charge < -0.3 is 14.8 Å². The molecule has 6 heteroatoms. The van der Waals surface area contributed by atoms with Gasteiger partial charge >= 0.3 is 0 Å². The molecule has 0 bridgehead atoms. The van der Waals surface area contributed by atoms with Crippen LogP contribution >= 0.6 is 0 Å². The molecule has 1 aliphatic rings. The first-order valence-electron chi connectivity index (χ1n) is 6.80. The third-order valence-electron chi connectivity index (χ3n) is 3.54. The molecule has 1 N–H and O–H groups in total. The van der Waals surface area contributed by atoms with E-state index in [2.05, 4.69) is 10.4 Å². The Hall–Kier alpha value is -2.50. The Bertz CT molecular complexity index is 666. The molecule has 0 fully saturated rings. The minimum atomic E-state index is -0.194. The lowest BCUT2D eigenvalue weighted by Crippen LogP contribution is -2.40. The second-order valence-corrected chi connectivity index (χ2v) is 4.97. The minimum Gasteiger partial charge on any atom is -0.486 e. The van der Waals surface area contributed by atoms with E-state index in [9.17, 15) is 4.79 Å². The second-order valence-electron chi connectivity index (χ2n) is 4.97. The lowest BCUT2D eigenvalue weighted by molar-refractivity contribution is 0.0789. The largest absolute Gasteiger partial charge is 0.486 e. The first-order valence-corrected chi connectivity index (χ1v) is 6.80. The van der Waals surface area contributed by atoms with E-state index in [0.717, 1.165) is 11.4 Å². The van der Waals surface area contributed by atoms with E-state index in [-0.39, 0.29) is 12.0 Å². The van der Waals surface area contributed by atoms with Crippen molar-refractivity contribution < 1.29 is 14.3 Å². The lowest BCUT2D eigenvalue weighted by atomic mass is 10.2. The number of benzene rings is 1. The summed E-state index contributed by atoms with van der Waals surface area (Å²) in [5, 5.41) is 6.92. The van der Waals surface area contributed by atoms with Gasteiger partial charge in [0.2, 0.25) is 0 Å². The predicted octanol–water partition coefficient (Wildman–Crippen LogP) is 1.30. The van der Waals surface area contributed by atoms with Crippen LogP contribution in [0.4, 0.5) is 0 Å². The normalized spacial score (nSPS) is 16.6. The van der Waals surface area contributed by atoms with Crippen molar-refractivity contribution in [2.75, 3.05) is 13.2 Å². The molecule has 0 radical (unpaired) electrons. The summed E-state index contributed by atoms with van der Waals surface area (Å²) in [7, 11) is 1.81. The van der Waals surface area contributed by atoms with Crippen LogP contribution in [0.25, 0.3) is 0 Å². The van der Waals surface area contributed by atoms with Gasteiger partial charge in [0.25, 0.3) is 5.91 Å². The molecule has 0 saturated carbocycles. The van der Waals surface area contributed by atoms with Gasteiger partial charge in [0.15, 0.2) is 11.5 Å². The molecule has 6 nitrogen and oxygen atoms in total. The molecule has 1 aromatic heterocycles. The first-order chi connectivity index (χ1) is 10.1. The molecule has 2 aromatic rings. The van der Waals surface area contributed by atoms with E-state index in [1.54, 1.807) is 17.9 Å². The summed E-state index contributed by atoms with van der Waals surface area (Å²) in [6, 6.07) is 7.51. The van der Waals surface area contributed by atoms with E-state index >= 15 is 0 Å². The van der Waals surface area contributed by atoms with Crippen molar-refractivity contribution in [3.8, 4) is 11.5 Å². The van der Waals surface area contributed by atoms with Crippen molar-refractivity contribution in [1.29, 1.82) is 0 Å². The summed E-state index contributed by atoms with van der Waals surface area (Å²) >= 11 is 0. The Kier molecular flexibility index (Phi) is 3.51. The molecule has 3 rings (SSSR count). The summed E-state index contributed by atoms with van der Waals surface area (Å²) in [6.07, 6.45) is 1.37. The summed E-state index contributed by atoms with van der Waals surface area (Å²) in [6.45, 7) is 2.67. The van der Waals surface area contributed by atoms with Gasteiger partial charge in [-0.1, -0.05) is 12.1 Å². The fourth-order valence-electron chi connectivity index (χ4n) is 2.19. The predicted molar refractivity (Wildman–Crippen MR) is 76.6 cm³/mol. The highest BCUT2D eigenvalue weighted by molar-refractivity contribution is 5.95. The molecule has 0 aliphatic carbocycles. The van der Waals surface area contributed by atoms with E-state index in [0.29, 0.717) is 24.5 Å². The number of para-hydroxylation sites is 2. The number of hydrogen-bond acceptors (Lipinski definition) is 4. The summed E-state index contributed by atoms with van der Waals surface area (Å²) in [4.78, 5) is 12.1. The number of fused-ring (bicyclic) bond motifs is 1. The Morgan fingerprint density at radius 3 is 2.90 bits per heavy atom. The Morgan fingerprint density at radius 2 is 2.19 bits per heavy atom. The Balaban J connectivity index is 1.59. The minimum absolute atomic E-state index is 0.150. The maximum atomic E-state index is 12.1. The molecule has 2 heterocycles. The average Bonchev–Trinajstić information content (AvgIpc) is 2.84. The van der Waals surface area contributed by atoms with Crippen molar-refractivity contribution in [3.63, 3.8) is 0 Å². The molecule has 1 aliphatic heterocycles. The van der Waals surface area contributed by atoms with Crippen molar-refractivity contribution in [1.82, 2.24) is 15.1 Å². The molecule has 1 atom stereocenters. The van der Waals surface area contributed by atoms with Crippen LogP contribution in [-0.4, -0.2) is 34.9 Å². The van der Waals surface area contributed by atoms with E-state index < -0.39 is 0 Å². The smallest absolute Gasteiger partial charge is 0.254 e. The number of nitrogens with one attached hydrogen (secondary N) is 1.